The van der Waals surface area contributed by atoms with Crippen LogP contribution in [0.3, 0.4) is 0 Å². The molecule has 0 radical (unpaired) electrons. The zero-order valence-corrected chi connectivity index (χ0v) is 7.72. The second-order valence-electron chi connectivity index (χ2n) is 3.78. The molecule has 0 fully saturated rings. The number of carbonyl (C=O) groups excluding carboxylic acids is 1. The van der Waals surface area contributed by atoms with Crippen molar-refractivity contribution in [3.63, 3.8) is 0 Å². The lowest BCUT2D eigenvalue weighted by atomic mass is 9.90. The van der Waals surface area contributed by atoms with Gasteiger partial charge in [-0.15, -0.1) is 0 Å². The summed E-state index contributed by atoms with van der Waals surface area (Å²) in [5.74, 6) is 0.330. The van der Waals surface area contributed by atoms with E-state index in [2.05, 4.69) is 0 Å². The first kappa shape index (κ1) is 9.10. The van der Waals surface area contributed by atoms with Gasteiger partial charge in [-0.1, -0.05) is 20.8 Å². The molecule has 1 rings (SSSR count). The van der Waals surface area contributed by atoms with Gasteiger partial charge in [-0.2, -0.15) is 0 Å². The highest BCUT2D eigenvalue weighted by atomic mass is 16.6. The van der Waals surface area contributed by atoms with E-state index in [-0.39, 0.29) is 5.78 Å². The Morgan fingerprint density at radius 3 is 2.50 bits per heavy atom. The molecule has 0 aromatic rings. The van der Waals surface area contributed by atoms with Gasteiger partial charge in [-0.25, -0.2) is 0 Å². The maximum absolute atomic E-state index is 11.5. The van der Waals surface area contributed by atoms with Crippen molar-refractivity contribution in [3.05, 3.63) is 12.0 Å². The van der Waals surface area contributed by atoms with Gasteiger partial charge in [0.25, 0.3) is 0 Å². The number of hydrogen-bond donors (Lipinski definition) is 0. The normalized spacial score (nSPS) is 17.4. The molecule has 0 aliphatic carbocycles. The third-order valence-electron chi connectivity index (χ3n) is 1.55. The predicted molar refractivity (Wildman–Crippen MR) is 44.4 cm³/mol. The number of hydrogen-bond acceptors (Lipinski definition) is 3. The van der Waals surface area contributed by atoms with Gasteiger partial charge in [0.1, 0.15) is 19.5 Å². The summed E-state index contributed by atoms with van der Waals surface area (Å²) in [7, 11) is 0. The molecule has 3 nitrogen and oxygen atoms in total. The van der Waals surface area contributed by atoms with Crippen molar-refractivity contribution < 1.29 is 14.3 Å². The van der Waals surface area contributed by atoms with Crippen LogP contribution in [0.1, 0.15) is 20.8 Å². The average Bonchev–Trinajstić information content (AvgIpc) is 2.03. The van der Waals surface area contributed by atoms with Gasteiger partial charge in [0.15, 0.2) is 5.76 Å². The van der Waals surface area contributed by atoms with Crippen LogP contribution in [-0.4, -0.2) is 19.0 Å². The van der Waals surface area contributed by atoms with Crippen LogP contribution in [0, 0.1) is 5.41 Å². The molecule has 3 heteroatoms. The van der Waals surface area contributed by atoms with Crippen LogP contribution in [-0.2, 0) is 14.3 Å². The minimum atomic E-state index is -0.396. The Balaban J connectivity index is 2.70. The van der Waals surface area contributed by atoms with E-state index in [1.165, 1.54) is 6.26 Å². The number of rotatable bonds is 1. The van der Waals surface area contributed by atoms with Gasteiger partial charge in [0.2, 0.25) is 5.78 Å². The monoisotopic (exact) mass is 170 g/mol. The highest BCUT2D eigenvalue weighted by Gasteiger charge is 2.27. The minimum absolute atomic E-state index is 0.0119. The molecular weight excluding hydrogens is 156 g/mol. The first-order chi connectivity index (χ1) is 5.52. The number of ether oxygens (including phenoxy) is 2. The molecule has 0 amide bonds. The molecule has 1 heterocycles. The van der Waals surface area contributed by atoms with Gasteiger partial charge in [-0.3, -0.25) is 4.79 Å². The average molecular weight is 170 g/mol. The summed E-state index contributed by atoms with van der Waals surface area (Å²) < 4.78 is 10.1. The van der Waals surface area contributed by atoms with Crippen LogP contribution in [0.15, 0.2) is 12.0 Å². The number of carbonyl (C=O) groups is 1. The fourth-order valence-electron chi connectivity index (χ4n) is 0.857. The Labute approximate surface area is 72.4 Å². The van der Waals surface area contributed by atoms with Crippen molar-refractivity contribution >= 4 is 5.78 Å². The van der Waals surface area contributed by atoms with E-state index in [0.717, 1.165) is 0 Å². The fraction of sp³-hybridized carbons (Fsp3) is 0.667. The molecule has 1 aliphatic heterocycles. The summed E-state index contributed by atoms with van der Waals surface area (Å²) in [5, 5.41) is 0. The third kappa shape index (κ3) is 2.00. The Hall–Kier alpha value is -0.990. The van der Waals surface area contributed by atoms with Crippen molar-refractivity contribution in [2.45, 2.75) is 20.8 Å². The number of ketones is 1. The molecule has 0 unspecified atom stereocenters. The van der Waals surface area contributed by atoms with Crippen LogP contribution in [0.2, 0.25) is 0 Å². The molecule has 0 saturated carbocycles. The zero-order chi connectivity index (χ0) is 9.19. The Bertz CT molecular complexity index is 210. The van der Waals surface area contributed by atoms with Crippen LogP contribution < -0.4 is 0 Å². The van der Waals surface area contributed by atoms with E-state index < -0.39 is 5.41 Å². The van der Waals surface area contributed by atoms with Crippen molar-refractivity contribution in [3.8, 4) is 0 Å². The van der Waals surface area contributed by atoms with E-state index in [0.29, 0.717) is 19.0 Å². The highest BCUT2D eigenvalue weighted by molar-refractivity contribution is 5.97. The quantitative estimate of drug-likeness (QED) is 0.598. The van der Waals surface area contributed by atoms with E-state index in [1.54, 1.807) is 0 Å². The highest BCUT2D eigenvalue weighted by Crippen LogP contribution is 2.21. The summed E-state index contributed by atoms with van der Waals surface area (Å²) in [4.78, 5) is 11.5. The molecule has 1 aliphatic rings. The van der Waals surface area contributed by atoms with E-state index in [9.17, 15) is 4.79 Å². The molecule has 0 aromatic heterocycles. The molecule has 12 heavy (non-hydrogen) atoms. The second kappa shape index (κ2) is 3.17. The summed E-state index contributed by atoms with van der Waals surface area (Å²) in [5.41, 5.74) is -0.396. The van der Waals surface area contributed by atoms with Crippen LogP contribution in [0.25, 0.3) is 0 Å². The van der Waals surface area contributed by atoms with E-state index >= 15 is 0 Å². The smallest absolute Gasteiger partial charge is 0.205 e. The van der Waals surface area contributed by atoms with Crippen LogP contribution in [0.4, 0.5) is 0 Å². The van der Waals surface area contributed by atoms with Crippen molar-refractivity contribution in [1.82, 2.24) is 0 Å². The summed E-state index contributed by atoms with van der Waals surface area (Å²) in [6.07, 6.45) is 1.40. The molecule has 0 bridgehead atoms. The SMILES string of the molecule is CC(C)(C)C(=O)C1=COCCO1. The molecule has 0 aromatic carbocycles. The minimum Gasteiger partial charge on any atom is -0.494 e. The predicted octanol–water partition coefficient (Wildman–Crippen LogP) is 1.49. The topological polar surface area (TPSA) is 35.5 Å². The zero-order valence-electron chi connectivity index (χ0n) is 7.72. The van der Waals surface area contributed by atoms with Gasteiger partial charge >= 0.3 is 0 Å². The van der Waals surface area contributed by atoms with Gasteiger partial charge in [-0.05, 0) is 0 Å². The maximum Gasteiger partial charge on any atom is 0.205 e. The van der Waals surface area contributed by atoms with Crippen LogP contribution >= 0.6 is 0 Å². The first-order valence-electron chi connectivity index (χ1n) is 4.01. The number of allylic oxidation sites excluding steroid dienone is 1. The van der Waals surface area contributed by atoms with Crippen LogP contribution in [0.5, 0.6) is 0 Å². The van der Waals surface area contributed by atoms with E-state index in [1.807, 2.05) is 20.8 Å². The van der Waals surface area contributed by atoms with E-state index in [4.69, 9.17) is 9.47 Å². The summed E-state index contributed by atoms with van der Waals surface area (Å²) in [6, 6.07) is 0. The molecule has 0 saturated heterocycles. The molecule has 0 atom stereocenters. The van der Waals surface area contributed by atoms with Crippen molar-refractivity contribution in [2.24, 2.45) is 5.41 Å². The third-order valence-corrected chi connectivity index (χ3v) is 1.55. The lowest BCUT2D eigenvalue weighted by molar-refractivity contribution is -0.127. The molecule has 0 N–H and O–H groups in total. The van der Waals surface area contributed by atoms with Gasteiger partial charge < -0.3 is 9.47 Å². The van der Waals surface area contributed by atoms with Gasteiger partial charge in [0.05, 0.1) is 0 Å². The maximum atomic E-state index is 11.5. The van der Waals surface area contributed by atoms with Crippen molar-refractivity contribution in [2.75, 3.05) is 13.2 Å². The first-order valence-corrected chi connectivity index (χ1v) is 4.01. The lowest BCUT2D eigenvalue weighted by Gasteiger charge is -2.21. The summed E-state index contributed by atoms with van der Waals surface area (Å²) >= 11 is 0. The van der Waals surface area contributed by atoms with Gasteiger partial charge in [0, 0.05) is 5.41 Å². The summed E-state index contributed by atoms with van der Waals surface area (Å²) in [6.45, 7) is 6.56. The Kier molecular flexibility index (Phi) is 2.40. The molecule has 68 valence electrons. The number of Topliss-reactive ketones (excluding diaryl/α,β-unsaturated/α-hetero) is 1. The standard InChI is InChI=1S/C9H14O3/c1-9(2,3)8(10)7-6-11-4-5-12-7/h6H,4-5H2,1-3H3. The lowest BCUT2D eigenvalue weighted by Crippen LogP contribution is -2.26. The largest absolute Gasteiger partial charge is 0.494 e. The molecular formula is C9H14O3. The second-order valence-corrected chi connectivity index (χ2v) is 3.78. The Morgan fingerprint density at radius 2 is 2.08 bits per heavy atom. The molecule has 0 spiro atoms. The Morgan fingerprint density at radius 1 is 1.42 bits per heavy atom. The fourth-order valence-corrected chi connectivity index (χ4v) is 0.857. The van der Waals surface area contributed by atoms with Crippen molar-refractivity contribution in [1.29, 1.82) is 0 Å².